The van der Waals surface area contributed by atoms with Crippen molar-refractivity contribution in [2.75, 3.05) is 5.32 Å². The molecule has 106 valence electrons. The van der Waals surface area contributed by atoms with Gasteiger partial charge in [0, 0.05) is 22.6 Å². The summed E-state index contributed by atoms with van der Waals surface area (Å²) in [4.78, 5) is 8.66. The molecule has 0 aliphatic carbocycles. The number of aryl methyl sites for hydroxylation is 1. The summed E-state index contributed by atoms with van der Waals surface area (Å²) in [5.41, 5.74) is 3.93. The molecule has 2 aromatic heterocycles. The molecule has 2 heterocycles. The molecule has 21 heavy (non-hydrogen) atoms. The second-order valence-corrected chi connectivity index (χ2v) is 6.36. The van der Waals surface area contributed by atoms with Crippen LogP contribution in [0, 0.1) is 12.7 Å². The van der Waals surface area contributed by atoms with E-state index in [1.165, 1.54) is 6.07 Å². The molecule has 0 saturated carbocycles. The fraction of sp³-hybridized carbons (Fsp3) is 0.0667. The van der Waals surface area contributed by atoms with Gasteiger partial charge in [-0.25, -0.2) is 4.39 Å². The first kappa shape index (κ1) is 14.4. The summed E-state index contributed by atoms with van der Waals surface area (Å²) in [5, 5.41) is 3.22. The van der Waals surface area contributed by atoms with Crippen LogP contribution in [0.5, 0.6) is 0 Å². The van der Waals surface area contributed by atoms with Crippen molar-refractivity contribution in [3.05, 3.63) is 57.0 Å². The van der Waals surface area contributed by atoms with Crippen molar-refractivity contribution in [1.82, 2.24) is 9.97 Å². The molecule has 3 aromatic rings. The number of aromatic nitrogens is 2. The molecule has 0 aliphatic heterocycles. The lowest BCUT2D eigenvalue weighted by molar-refractivity contribution is 0.621. The summed E-state index contributed by atoms with van der Waals surface area (Å²) in [6.45, 7) is 1.92. The van der Waals surface area contributed by atoms with E-state index in [2.05, 4.69) is 47.1 Å². The largest absolute Gasteiger partial charge is 0.353 e. The minimum Gasteiger partial charge on any atom is -0.353 e. The van der Waals surface area contributed by atoms with Crippen LogP contribution in [0.25, 0.3) is 11.0 Å². The van der Waals surface area contributed by atoms with E-state index in [4.69, 9.17) is 0 Å². The van der Waals surface area contributed by atoms with E-state index in [0.29, 0.717) is 10.2 Å². The van der Waals surface area contributed by atoms with Crippen molar-refractivity contribution in [2.45, 2.75) is 6.92 Å². The first-order valence-corrected chi connectivity index (χ1v) is 7.76. The highest BCUT2D eigenvalue weighted by molar-refractivity contribution is 9.10. The first-order chi connectivity index (χ1) is 10.0. The molecule has 6 heteroatoms. The summed E-state index contributed by atoms with van der Waals surface area (Å²) < 4.78 is 15.0. The Morgan fingerprint density at radius 3 is 2.71 bits per heavy atom. The van der Waals surface area contributed by atoms with Crippen LogP contribution >= 0.6 is 31.9 Å². The number of benzene rings is 1. The minimum absolute atomic E-state index is 0.308. The molecule has 0 bridgehead atoms. The van der Waals surface area contributed by atoms with Crippen molar-refractivity contribution >= 4 is 54.3 Å². The summed E-state index contributed by atoms with van der Waals surface area (Å²) in [5.74, 6) is -0.308. The van der Waals surface area contributed by atoms with Crippen molar-refractivity contribution in [2.24, 2.45) is 0 Å². The van der Waals surface area contributed by atoms with E-state index in [0.717, 1.165) is 26.8 Å². The summed E-state index contributed by atoms with van der Waals surface area (Å²) in [7, 11) is 0. The normalized spacial score (nSPS) is 10.9. The summed E-state index contributed by atoms with van der Waals surface area (Å²) in [6.07, 6.45) is 3.41. The Hall–Kier alpha value is -1.53. The molecule has 1 aromatic carbocycles. The quantitative estimate of drug-likeness (QED) is 0.619. The number of nitrogens with one attached hydrogen (secondary N) is 1. The molecule has 0 fully saturated rings. The van der Waals surface area contributed by atoms with Crippen LogP contribution in [0.3, 0.4) is 0 Å². The molecule has 0 saturated heterocycles. The van der Waals surface area contributed by atoms with Gasteiger partial charge in [0.05, 0.1) is 15.7 Å². The molecule has 1 N–H and O–H groups in total. The van der Waals surface area contributed by atoms with Crippen molar-refractivity contribution in [1.29, 1.82) is 0 Å². The third-order valence-electron chi connectivity index (χ3n) is 3.08. The Kier molecular flexibility index (Phi) is 3.91. The van der Waals surface area contributed by atoms with E-state index in [9.17, 15) is 4.39 Å². The third-order valence-corrected chi connectivity index (χ3v) is 4.12. The predicted molar refractivity (Wildman–Crippen MR) is 89.4 cm³/mol. The lowest BCUT2D eigenvalue weighted by atomic mass is 10.2. The molecule has 0 spiro atoms. The van der Waals surface area contributed by atoms with Gasteiger partial charge in [0.2, 0.25) is 0 Å². The zero-order valence-corrected chi connectivity index (χ0v) is 14.2. The second kappa shape index (κ2) is 5.69. The standard InChI is InChI=1S/C15H10Br2FN3/c1-8-4-10(17)11(18)6-13(8)21-12-2-3-19-14-5-9(16)7-20-15(12)14/h2-7H,1H3,(H,19,21). The van der Waals surface area contributed by atoms with Gasteiger partial charge in [-0.3, -0.25) is 9.97 Å². The zero-order valence-electron chi connectivity index (χ0n) is 11.0. The molecule has 0 atom stereocenters. The van der Waals surface area contributed by atoms with Gasteiger partial charge in [-0.1, -0.05) is 0 Å². The Labute approximate surface area is 137 Å². The van der Waals surface area contributed by atoms with Gasteiger partial charge in [-0.05, 0) is 68.6 Å². The van der Waals surface area contributed by atoms with Crippen LogP contribution in [0.1, 0.15) is 5.56 Å². The van der Waals surface area contributed by atoms with Gasteiger partial charge in [-0.2, -0.15) is 0 Å². The Bertz CT molecular complexity index is 837. The lowest BCUT2D eigenvalue weighted by Gasteiger charge is -2.12. The highest BCUT2D eigenvalue weighted by Crippen LogP contribution is 2.29. The number of rotatable bonds is 2. The number of halogens is 3. The highest BCUT2D eigenvalue weighted by Gasteiger charge is 2.09. The molecule has 3 rings (SSSR count). The van der Waals surface area contributed by atoms with Crippen LogP contribution in [0.2, 0.25) is 0 Å². The molecule has 0 amide bonds. The van der Waals surface area contributed by atoms with Crippen molar-refractivity contribution < 1.29 is 4.39 Å². The SMILES string of the molecule is Cc1cc(Br)c(F)cc1Nc1ccnc2cc(Br)cnc12. The predicted octanol–water partition coefficient (Wildman–Crippen LogP) is 5.35. The van der Waals surface area contributed by atoms with E-state index in [-0.39, 0.29) is 5.82 Å². The van der Waals surface area contributed by atoms with Crippen molar-refractivity contribution in [3.8, 4) is 0 Å². The maximum atomic E-state index is 13.7. The fourth-order valence-corrected chi connectivity index (χ4v) is 2.81. The van der Waals surface area contributed by atoms with Crippen molar-refractivity contribution in [3.63, 3.8) is 0 Å². The fourth-order valence-electron chi connectivity index (χ4n) is 2.03. The Morgan fingerprint density at radius 1 is 1.10 bits per heavy atom. The first-order valence-electron chi connectivity index (χ1n) is 6.17. The second-order valence-electron chi connectivity index (χ2n) is 4.59. The van der Waals surface area contributed by atoms with E-state index >= 15 is 0 Å². The zero-order chi connectivity index (χ0) is 15.0. The number of pyridine rings is 2. The van der Waals surface area contributed by atoms with Gasteiger partial charge in [0.25, 0.3) is 0 Å². The number of nitrogens with zero attached hydrogens (tertiary/aromatic N) is 2. The molecular formula is C15H10Br2FN3. The Morgan fingerprint density at radius 2 is 1.90 bits per heavy atom. The van der Waals surface area contributed by atoms with Gasteiger partial charge in [0.15, 0.2) is 0 Å². The highest BCUT2D eigenvalue weighted by atomic mass is 79.9. The number of anilines is 2. The number of fused-ring (bicyclic) bond motifs is 1. The molecular weight excluding hydrogens is 401 g/mol. The summed E-state index contributed by atoms with van der Waals surface area (Å²) >= 11 is 6.56. The van der Waals surface area contributed by atoms with E-state index in [1.54, 1.807) is 18.5 Å². The smallest absolute Gasteiger partial charge is 0.139 e. The summed E-state index contributed by atoms with van der Waals surface area (Å²) in [6, 6.07) is 6.92. The van der Waals surface area contributed by atoms with Gasteiger partial charge < -0.3 is 5.32 Å². The number of hydrogen-bond donors (Lipinski definition) is 1. The molecule has 0 aliphatic rings. The van der Waals surface area contributed by atoms with Crippen LogP contribution < -0.4 is 5.32 Å². The monoisotopic (exact) mass is 409 g/mol. The van der Waals surface area contributed by atoms with Gasteiger partial charge in [0.1, 0.15) is 11.3 Å². The van der Waals surface area contributed by atoms with Gasteiger partial charge in [-0.15, -0.1) is 0 Å². The minimum atomic E-state index is -0.308. The van der Waals surface area contributed by atoms with Crippen LogP contribution in [-0.2, 0) is 0 Å². The third kappa shape index (κ3) is 2.91. The maximum Gasteiger partial charge on any atom is 0.139 e. The van der Waals surface area contributed by atoms with E-state index < -0.39 is 0 Å². The van der Waals surface area contributed by atoms with Crippen LogP contribution in [0.15, 0.2) is 45.6 Å². The molecule has 0 unspecified atom stereocenters. The topological polar surface area (TPSA) is 37.8 Å². The number of hydrogen-bond acceptors (Lipinski definition) is 3. The van der Waals surface area contributed by atoms with Gasteiger partial charge >= 0.3 is 0 Å². The molecule has 0 radical (unpaired) electrons. The maximum absolute atomic E-state index is 13.7. The average molecular weight is 411 g/mol. The molecule has 3 nitrogen and oxygen atoms in total. The van der Waals surface area contributed by atoms with Crippen LogP contribution in [0.4, 0.5) is 15.8 Å². The van der Waals surface area contributed by atoms with E-state index in [1.807, 2.05) is 19.1 Å². The Balaban J connectivity index is 2.08. The van der Waals surface area contributed by atoms with Crippen LogP contribution in [-0.4, -0.2) is 9.97 Å². The average Bonchev–Trinajstić information content (AvgIpc) is 2.44. The lowest BCUT2D eigenvalue weighted by Crippen LogP contribution is -1.97.